The van der Waals surface area contributed by atoms with Crippen LogP contribution in [0.5, 0.6) is 0 Å². The minimum absolute atomic E-state index is 0.160. The Morgan fingerprint density at radius 1 is 1.07 bits per heavy atom. The van der Waals surface area contributed by atoms with Gasteiger partial charge >= 0.3 is 0 Å². The molecule has 1 saturated carbocycles. The monoisotopic (exact) mass is 369 g/mol. The average Bonchev–Trinajstić information content (AvgIpc) is 3.51. The van der Waals surface area contributed by atoms with Crippen LogP contribution in [0, 0.1) is 5.92 Å². The summed E-state index contributed by atoms with van der Waals surface area (Å²) in [6.07, 6.45) is 6.58. The summed E-state index contributed by atoms with van der Waals surface area (Å²) in [6.45, 7) is 8.55. The molecule has 1 spiro atoms. The van der Waals surface area contributed by atoms with Gasteiger partial charge in [-0.15, -0.1) is 0 Å². The number of hydrogen-bond donors (Lipinski definition) is 0. The number of nitrogens with zero attached hydrogens (tertiary/aromatic N) is 3. The van der Waals surface area contributed by atoms with Crippen molar-refractivity contribution >= 4 is 5.91 Å². The highest BCUT2D eigenvalue weighted by molar-refractivity contribution is 5.76. The van der Waals surface area contributed by atoms with Gasteiger partial charge in [0.2, 0.25) is 5.91 Å². The highest BCUT2D eigenvalue weighted by Gasteiger charge is 2.42. The number of rotatable bonds is 5. The molecule has 1 amide bonds. The highest BCUT2D eigenvalue weighted by Crippen LogP contribution is 2.35. The van der Waals surface area contributed by atoms with E-state index in [1.807, 2.05) is 0 Å². The molecule has 2 aliphatic heterocycles. The Morgan fingerprint density at radius 3 is 2.59 bits per heavy atom. The lowest BCUT2D eigenvalue weighted by Gasteiger charge is -2.49. The maximum atomic E-state index is 12.7. The predicted molar refractivity (Wildman–Crippen MR) is 110 cm³/mol. The first-order valence-electron chi connectivity index (χ1n) is 10.9. The van der Waals surface area contributed by atoms with Crippen molar-refractivity contribution in [3.05, 3.63) is 35.4 Å². The van der Waals surface area contributed by atoms with Gasteiger partial charge in [0.1, 0.15) is 0 Å². The number of hydrogen-bond acceptors (Lipinski definition) is 3. The normalized spacial score (nSPS) is 27.9. The summed E-state index contributed by atoms with van der Waals surface area (Å²) in [7, 11) is 2.28. The van der Waals surface area contributed by atoms with E-state index in [-0.39, 0.29) is 5.54 Å². The number of piperazine rings is 1. The molecule has 4 rings (SSSR count). The molecule has 2 heterocycles. The second-order valence-corrected chi connectivity index (χ2v) is 9.01. The van der Waals surface area contributed by atoms with Crippen LogP contribution in [-0.4, -0.2) is 65.9 Å². The van der Waals surface area contributed by atoms with Gasteiger partial charge in [0, 0.05) is 51.2 Å². The second kappa shape index (κ2) is 7.92. The van der Waals surface area contributed by atoms with Crippen molar-refractivity contribution in [2.24, 2.45) is 5.92 Å². The Labute approximate surface area is 164 Å². The van der Waals surface area contributed by atoms with Gasteiger partial charge in [-0.05, 0) is 56.2 Å². The van der Waals surface area contributed by atoms with Gasteiger partial charge in [0.05, 0.1) is 0 Å². The van der Waals surface area contributed by atoms with Crippen LogP contribution in [0.15, 0.2) is 24.3 Å². The molecule has 1 aromatic carbocycles. The fourth-order valence-electron chi connectivity index (χ4n) is 5.01. The van der Waals surface area contributed by atoms with Gasteiger partial charge in [-0.2, -0.15) is 0 Å². The molecule has 148 valence electrons. The van der Waals surface area contributed by atoms with E-state index in [4.69, 9.17) is 0 Å². The number of aryl methyl sites for hydroxylation is 1. The van der Waals surface area contributed by atoms with Crippen molar-refractivity contribution in [1.82, 2.24) is 14.7 Å². The fourth-order valence-corrected chi connectivity index (χ4v) is 5.01. The first-order chi connectivity index (χ1) is 13.1. The molecule has 0 radical (unpaired) electrons. The third-order valence-corrected chi connectivity index (χ3v) is 7.15. The number of likely N-dealkylation sites (tertiary alicyclic amines) is 1. The van der Waals surface area contributed by atoms with Crippen LogP contribution >= 0.6 is 0 Å². The van der Waals surface area contributed by atoms with Gasteiger partial charge in [-0.1, -0.05) is 31.2 Å². The standard InChI is InChI=1S/C23H35N3O/c1-3-20-6-4-5-7-21(20)17-25-15-14-24(2)23(18-25)11-10-22(27)26(13-12-23)16-19-8-9-19/h4-7,19H,3,8-18H2,1-2H3/t23-/m0/s1. The predicted octanol–water partition coefficient (Wildman–Crippen LogP) is 3.16. The summed E-state index contributed by atoms with van der Waals surface area (Å²) in [5, 5.41) is 0. The summed E-state index contributed by atoms with van der Waals surface area (Å²) in [5.41, 5.74) is 3.10. The number of carbonyl (C=O) groups is 1. The van der Waals surface area contributed by atoms with E-state index in [1.54, 1.807) is 0 Å². The molecule has 0 bridgehead atoms. The molecule has 0 aromatic heterocycles. The molecule has 1 aromatic rings. The SMILES string of the molecule is CCc1ccccc1CN1CCN(C)[C@]2(CCC(=O)N(CC3CC3)CC2)C1. The first kappa shape index (κ1) is 18.9. The zero-order valence-corrected chi connectivity index (χ0v) is 17.1. The van der Waals surface area contributed by atoms with Crippen molar-refractivity contribution in [3.8, 4) is 0 Å². The summed E-state index contributed by atoms with van der Waals surface area (Å²) in [6, 6.07) is 8.87. The molecule has 3 aliphatic rings. The van der Waals surface area contributed by atoms with Crippen molar-refractivity contribution < 1.29 is 4.79 Å². The lowest BCUT2D eigenvalue weighted by atomic mass is 9.86. The minimum atomic E-state index is 0.160. The Kier molecular flexibility index (Phi) is 5.56. The van der Waals surface area contributed by atoms with Crippen molar-refractivity contribution in [2.45, 2.75) is 57.5 Å². The number of likely N-dealkylation sites (N-methyl/N-ethyl adjacent to an activating group) is 1. The number of carbonyl (C=O) groups excluding carboxylic acids is 1. The van der Waals surface area contributed by atoms with Crippen LogP contribution in [0.4, 0.5) is 0 Å². The molecule has 4 nitrogen and oxygen atoms in total. The van der Waals surface area contributed by atoms with E-state index in [0.29, 0.717) is 5.91 Å². The van der Waals surface area contributed by atoms with Gasteiger partial charge in [-0.25, -0.2) is 0 Å². The van der Waals surface area contributed by atoms with Gasteiger partial charge in [-0.3, -0.25) is 14.6 Å². The quantitative estimate of drug-likeness (QED) is 0.798. The van der Waals surface area contributed by atoms with E-state index < -0.39 is 0 Å². The van der Waals surface area contributed by atoms with Crippen molar-refractivity contribution in [1.29, 1.82) is 0 Å². The van der Waals surface area contributed by atoms with Crippen LogP contribution in [0.2, 0.25) is 0 Å². The first-order valence-corrected chi connectivity index (χ1v) is 10.9. The molecule has 0 unspecified atom stereocenters. The fraction of sp³-hybridized carbons (Fsp3) is 0.696. The van der Waals surface area contributed by atoms with Gasteiger partial charge < -0.3 is 4.90 Å². The topological polar surface area (TPSA) is 26.8 Å². The van der Waals surface area contributed by atoms with Crippen LogP contribution < -0.4 is 0 Å². The Morgan fingerprint density at radius 2 is 1.85 bits per heavy atom. The van der Waals surface area contributed by atoms with Crippen LogP contribution in [0.25, 0.3) is 0 Å². The van der Waals surface area contributed by atoms with E-state index >= 15 is 0 Å². The Bertz CT molecular complexity index is 671. The zero-order chi connectivity index (χ0) is 18.9. The van der Waals surface area contributed by atoms with Gasteiger partial charge in [0.15, 0.2) is 0 Å². The molecule has 4 heteroatoms. The third-order valence-electron chi connectivity index (χ3n) is 7.15. The van der Waals surface area contributed by atoms with Crippen molar-refractivity contribution in [2.75, 3.05) is 39.8 Å². The molecule has 1 atom stereocenters. The average molecular weight is 370 g/mol. The Balaban J connectivity index is 1.45. The van der Waals surface area contributed by atoms with E-state index in [1.165, 1.54) is 24.0 Å². The third kappa shape index (κ3) is 4.22. The minimum Gasteiger partial charge on any atom is -0.342 e. The Hall–Kier alpha value is -1.39. The largest absolute Gasteiger partial charge is 0.342 e. The molecule has 0 N–H and O–H groups in total. The summed E-state index contributed by atoms with van der Waals surface area (Å²) < 4.78 is 0. The van der Waals surface area contributed by atoms with E-state index in [0.717, 1.165) is 70.9 Å². The number of benzene rings is 1. The molecular formula is C23H35N3O. The summed E-state index contributed by atoms with van der Waals surface area (Å²) in [4.78, 5) is 20.0. The second-order valence-electron chi connectivity index (χ2n) is 9.01. The molecular weight excluding hydrogens is 334 g/mol. The highest BCUT2D eigenvalue weighted by atomic mass is 16.2. The van der Waals surface area contributed by atoms with Crippen LogP contribution in [0.3, 0.4) is 0 Å². The maximum Gasteiger partial charge on any atom is 0.222 e. The molecule has 3 fully saturated rings. The van der Waals surface area contributed by atoms with Crippen molar-refractivity contribution in [3.63, 3.8) is 0 Å². The molecule has 2 saturated heterocycles. The lowest BCUT2D eigenvalue weighted by molar-refractivity contribution is -0.131. The molecule has 27 heavy (non-hydrogen) atoms. The van der Waals surface area contributed by atoms with E-state index in [9.17, 15) is 4.79 Å². The van der Waals surface area contributed by atoms with Crippen LogP contribution in [0.1, 0.15) is 50.2 Å². The summed E-state index contributed by atoms with van der Waals surface area (Å²) in [5.74, 6) is 1.18. The number of amides is 1. The molecule has 1 aliphatic carbocycles. The summed E-state index contributed by atoms with van der Waals surface area (Å²) >= 11 is 0. The lowest BCUT2D eigenvalue weighted by Crippen LogP contribution is -2.60. The zero-order valence-electron chi connectivity index (χ0n) is 17.1. The van der Waals surface area contributed by atoms with Crippen LogP contribution in [-0.2, 0) is 17.8 Å². The smallest absolute Gasteiger partial charge is 0.222 e. The maximum absolute atomic E-state index is 12.7. The van der Waals surface area contributed by atoms with E-state index in [2.05, 4.69) is 52.9 Å². The van der Waals surface area contributed by atoms with Gasteiger partial charge in [0.25, 0.3) is 0 Å².